The number of aliphatic carboxylic acids is 1. The van der Waals surface area contributed by atoms with Crippen molar-refractivity contribution in [3.8, 4) is 0 Å². The van der Waals surface area contributed by atoms with E-state index in [1.807, 2.05) is 20.8 Å². The van der Waals surface area contributed by atoms with E-state index in [-0.39, 0.29) is 25.0 Å². The fourth-order valence-corrected chi connectivity index (χ4v) is 2.09. The SMILES string of the molecule is CCC(C)CN(CC)C(=O)N1CC(=O)NCC1C(=O)O. The molecule has 2 N–H and O–H groups in total. The molecule has 2 unspecified atom stereocenters. The highest BCUT2D eigenvalue weighted by molar-refractivity contribution is 5.90. The van der Waals surface area contributed by atoms with Crippen molar-refractivity contribution in [2.24, 2.45) is 5.92 Å². The minimum atomic E-state index is -1.10. The molecule has 2 atom stereocenters. The summed E-state index contributed by atoms with van der Waals surface area (Å²) in [5.41, 5.74) is 0. The molecule has 3 amide bonds. The van der Waals surface area contributed by atoms with Gasteiger partial charge >= 0.3 is 12.0 Å². The number of piperazine rings is 1. The monoisotopic (exact) mass is 285 g/mol. The standard InChI is InChI=1S/C13H23N3O4/c1-4-9(3)7-15(5-2)13(20)16-8-11(17)14-6-10(16)12(18)19/h9-10H,4-8H2,1-3H3,(H,14,17)(H,18,19). The molecule has 0 saturated carbocycles. The van der Waals surface area contributed by atoms with Crippen molar-refractivity contribution in [3.05, 3.63) is 0 Å². The normalized spacial score (nSPS) is 20.2. The van der Waals surface area contributed by atoms with E-state index in [9.17, 15) is 14.4 Å². The Morgan fingerprint density at radius 2 is 2.15 bits per heavy atom. The van der Waals surface area contributed by atoms with Crippen molar-refractivity contribution in [3.63, 3.8) is 0 Å². The molecular weight excluding hydrogens is 262 g/mol. The maximum atomic E-state index is 12.4. The van der Waals surface area contributed by atoms with Crippen molar-refractivity contribution >= 4 is 17.9 Å². The Morgan fingerprint density at radius 1 is 1.50 bits per heavy atom. The Morgan fingerprint density at radius 3 is 2.65 bits per heavy atom. The zero-order valence-corrected chi connectivity index (χ0v) is 12.3. The molecule has 7 heteroatoms. The van der Waals surface area contributed by atoms with E-state index in [4.69, 9.17) is 5.11 Å². The number of carboxylic acids is 1. The summed E-state index contributed by atoms with van der Waals surface area (Å²) in [6.45, 7) is 6.74. The molecule has 1 rings (SSSR count). The summed E-state index contributed by atoms with van der Waals surface area (Å²) in [7, 11) is 0. The summed E-state index contributed by atoms with van der Waals surface area (Å²) in [5, 5.41) is 11.6. The number of rotatable bonds is 5. The highest BCUT2D eigenvalue weighted by Gasteiger charge is 2.37. The first-order valence-electron chi connectivity index (χ1n) is 6.95. The minimum absolute atomic E-state index is 0.0409. The lowest BCUT2D eigenvalue weighted by molar-refractivity contribution is -0.144. The van der Waals surface area contributed by atoms with Gasteiger partial charge in [-0.2, -0.15) is 0 Å². The Kier molecular flexibility index (Phi) is 5.79. The van der Waals surface area contributed by atoms with Gasteiger partial charge in [0.25, 0.3) is 0 Å². The lowest BCUT2D eigenvalue weighted by Gasteiger charge is -2.37. The molecule has 1 saturated heterocycles. The quantitative estimate of drug-likeness (QED) is 0.763. The molecule has 0 radical (unpaired) electrons. The van der Waals surface area contributed by atoms with Crippen molar-refractivity contribution in [1.82, 2.24) is 15.1 Å². The molecule has 1 aliphatic rings. The van der Waals surface area contributed by atoms with Crippen molar-refractivity contribution in [2.45, 2.75) is 33.2 Å². The molecule has 0 aromatic rings. The van der Waals surface area contributed by atoms with Crippen LogP contribution >= 0.6 is 0 Å². The molecule has 0 spiro atoms. The van der Waals surface area contributed by atoms with Gasteiger partial charge in [-0.05, 0) is 12.8 Å². The first-order valence-corrected chi connectivity index (χ1v) is 6.95. The number of hydrogen-bond donors (Lipinski definition) is 2. The summed E-state index contributed by atoms with van der Waals surface area (Å²) in [6.07, 6.45) is 0.937. The van der Waals surface area contributed by atoms with Crippen LogP contribution in [-0.2, 0) is 9.59 Å². The van der Waals surface area contributed by atoms with Crippen LogP contribution in [0.1, 0.15) is 27.2 Å². The van der Waals surface area contributed by atoms with Crippen LogP contribution < -0.4 is 5.32 Å². The van der Waals surface area contributed by atoms with E-state index in [1.165, 1.54) is 0 Å². The van der Waals surface area contributed by atoms with Gasteiger partial charge in [0.1, 0.15) is 12.6 Å². The van der Waals surface area contributed by atoms with Crippen LogP contribution in [0.25, 0.3) is 0 Å². The van der Waals surface area contributed by atoms with Crippen LogP contribution in [0.15, 0.2) is 0 Å². The second-order valence-electron chi connectivity index (χ2n) is 5.12. The Labute approximate surface area is 118 Å². The number of hydrogen-bond acceptors (Lipinski definition) is 3. The largest absolute Gasteiger partial charge is 0.480 e. The number of nitrogens with zero attached hydrogens (tertiary/aromatic N) is 2. The van der Waals surface area contributed by atoms with Crippen LogP contribution in [0.5, 0.6) is 0 Å². The van der Waals surface area contributed by atoms with Gasteiger partial charge in [0.05, 0.1) is 0 Å². The third kappa shape index (κ3) is 3.85. The Bertz CT molecular complexity index is 386. The van der Waals surface area contributed by atoms with Crippen LogP contribution in [0.4, 0.5) is 4.79 Å². The van der Waals surface area contributed by atoms with Gasteiger partial charge in [-0.1, -0.05) is 20.3 Å². The molecule has 0 aromatic carbocycles. The average molecular weight is 285 g/mol. The van der Waals surface area contributed by atoms with Crippen LogP contribution in [0.2, 0.25) is 0 Å². The zero-order valence-electron chi connectivity index (χ0n) is 12.3. The molecule has 7 nitrogen and oxygen atoms in total. The number of carbonyl (C=O) groups excluding carboxylic acids is 2. The smallest absolute Gasteiger partial charge is 0.328 e. The van der Waals surface area contributed by atoms with Crippen LogP contribution in [-0.4, -0.2) is 65.0 Å². The summed E-state index contributed by atoms with van der Waals surface area (Å²) in [5.74, 6) is -1.09. The predicted molar refractivity (Wildman–Crippen MR) is 73.2 cm³/mol. The molecule has 1 fully saturated rings. The number of carbonyl (C=O) groups is 3. The fraction of sp³-hybridized carbons (Fsp3) is 0.769. The van der Waals surface area contributed by atoms with Crippen LogP contribution in [0.3, 0.4) is 0 Å². The third-order valence-electron chi connectivity index (χ3n) is 3.59. The molecule has 0 aromatic heterocycles. The number of carboxylic acid groups (broad SMARTS) is 1. The van der Waals surface area contributed by atoms with Gasteiger partial charge in [-0.3, -0.25) is 9.69 Å². The van der Waals surface area contributed by atoms with E-state index in [0.29, 0.717) is 19.0 Å². The van der Waals surface area contributed by atoms with Gasteiger partial charge < -0.3 is 15.3 Å². The topological polar surface area (TPSA) is 90.0 Å². The van der Waals surface area contributed by atoms with E-state index in [0.717, 1.165) is 11.3 Å². The highest BCUT2D eigenvalue weighted by Crippen LogP contribution is 2.12. The Hall–Kier alpha value is -1.79. The Balaban J connectivity index is 2.83. The number of urea groups is 1. The van der Waals surface area contributed by atoms with Gasteiger partial charge in [-0.25, -0.2) is 9.59 Å². The van der Waals surface area contributed by atoms with Crippen molar-refractivity contribution < 1.29 is 19.5 Å². The lowest BCUT2D eigenvalue weighted by Crippen LogP contribution is -2.62. The van der Waals surface area contributed by atoms with E-state index < -0.39 is 12.0 Å². The molecule has 1 heterocycles. The lowest BCUT2D eigenvalue weighted by atomic mass is 10.1. The van der Waals surface area contributed by atoms with E-state index in [2.05, 4.69) is 5.32 Å². The van der Waals surface area contributed by atoms with Gasteiger partial charge in [0, 0.05) is 19.6 Å². The summed E-state index contributed by atoms with van der Waals surface area (Å²) in [4.78, 5) is 37.8. The van der Waals surface area contributed by atoms with Crippen molar-refractivity contribution in [1.29, 1.82) is 0 Å². The maximum Gasteiger partial charge on any atom is 0.328 e. The second kappa shape index (κ2) is 7.12. The third-order valence-corrected chi connectivity index (χ3v) is 3.59. The second-order valence-corrected chi connectivity index (χ2v) is 5.12. The molecule has 0 bridgehead atoms. The zero-order chi connectivity index (χ0) is 15.3. The van der Waals surface area contributed by atoms with Gasteiger partial charge in [0.2, 0.25) is 5.91 Å². The number of amides is 3. The molecular formula is C13H23N3O4. The predicted octanol–water partition coefficient (Wildman–Crippen LogP) is 0.359. The molecule has 1 aliphatic heterocycles. The fourth-order valence-electron chi connectivity index (χ4n) is 2.09. The molecule has 0 aliphatic carbocycles. The van der Waals surface area contributed by atoms with Gasteiger partial charge in [0.15, 0.2) is 0 Å². The van der Waals surface area contributed by atoms with E-state index >= 15 is 0 Å². The first-order chi connectivity index (χ1) is 9.40. The average Bonchev–Trinajstić information content (AvgIpc) is 2.43. The van der Waals surface area contributed by atoms with Crippen molar-refractivity contribution in [2.75, 3.05) is 26.2 Å². The number of nitrogens with one attached hydrogen (secondary N) is 1. The maximum absolute atomic E-state index is 12.4. The first kappa shape index (κ1) is 16.3. The summed E-state index contributed by atoms with van der Waals surface area (Å²) < 4.78 is 0. The summed E-state index contributed by atoms with van der Waals surface area (Å²) in [6, 6.07) is -1.37. The van der Waals surface area contributed by atoms with E-state index in [1.54, 1.807) is 4.90 Å². The molecule has 20 heavy (non-hydrogen) atoms. The molecule has 114 valence electrons. The highest BCUT2D eigenvalue weighted by atomic mass is 16.4. The summed E-state index contributed by atoms with van der Waals surface area (Å²) >= 11 is 0. The van der Waals surface area contributed by atoms with Gasteiger partial charge in [-0.15, -0.1) is 0 Å². The van der Waals surface area contributed by atoms with Crippen LogP contribution in [0, 0.1) is 5.92 Å². The minimum Gasteiger partial charge on any atom is -0.480 e.